The van der Waals surface area contributed by atoms with Gasteiger partial charge in [-0.15, -0.1) is 11.3 Å². The summed E-state index contributed by atoms with van der Waals surface area (Å²) < 4.78 is 5.85. The lowest BCUT2D eigenvalue weighted by atomic mass is 10.1. The van der Waals surface area contributed by atoms with Crippen LogP contribution in [-0.4, -0.2) is 28.7 Å². The first-order valence-corrected chi connectivity index (χ1v) is 10.1. The number of aliphatic carboxylic acids is 1. The van der Waals surface area contributed by atoms with Gasteiger partial charge in [0, 0.05) is 16.9 Å². The maximum absolute atomic E-state index is 10.8. The van der Waals surface area contributed by atoms with Gasteiger partial charge in [-0.25, -0.2) is 4.98 Å². The van der Waals surface area contributed by atoms with Gasteiger partial charge in [0.1, 0.15) is 16.8 Å². The minimum absolute atomic E-state index is 0.302. The molecule has 0 radical (unpaired) electrons. The molecule has 0 amide bonds. The van der Waals surface area contributed by atoms with Crippen molar-refractivity contribution in [3.63, 3.8) is 0 Å². The van der Waals surface area contributed by atoms with Crippen LogP contribution in [0.4, 0.5) is 0 Å². The average molecular weight is 397 g/mol. The van der Waals surface area contributed by atoms with Gasteiger partial charge in [-0.05, 0) is 30.5 Å². The summed E-state index contributed by atoms with van der Waals surface area (Å²) in [5, 5.41) is 9.93. The third-order valence-electron chi connectivity index (χ3n) is 4.42. The summed E-state index contributed by atoms with van der Waals surface area (Å²) in [5.74, 6) is -0.241. The van der Waals surface area contributed by atoms with Gasteiger partial charge in [-0.1, -0.05) is 49.4 Å². The molecule has 0 aliphatic heterocycles. The van der Waals surface area contributed by atoms with Crippen molar-refractivity contribution in [2.75, 3.05) is 6.61 Å². The fraction of sp³-hybridized carbons (Fsp3) is 0.273. The number of rotatable bonds is 9. The second-order valence-electron chi connectivity index (χ2n) is 6.50. The second kappa shape index (κ2) is 9.48. The first kappa shape index (κ1) is 20.0. The zero-order valence-electron chi connectivity index (χ0n) is 15.8. The number of carboxylic acid groups (broad SMARTS) is 1. The quantitative estimate of drug-likeness (QED) is 0.572. The minimum Gasteiger partial charge on any atom is -0.493 e. The summed E-state index contributed by atoms with van der Waals surface area (Å²) in [5.41, 5.74) is 8.68. The molecule has 3 aromatic rings. The van der Waals surface area contributed by atoms with E-state index in [2.05, 4.69) is 19.1 Å². The highest BCUT2D eigenvalue weighted by Crippen LogP contribution is 2.28. The molecule has 3 N–H and O–H groups in total. The monoisotopic (exact) mass is 396 g/mol. The van der Waals surface area contributed by atoms with Crippen LogP contribution in [0.15, 0.2) is 54.6 Å². The molecule has 1 atom stereocenters. The number of nitrogens with zero attached hydrogens (tertiary/aromatic N) is 1. The van der Waals surface area contributed by atoms with Crippen molar-refractivity contribution in [2.24, 2.45) is 5.73 Å². The summed E-state index contributed by atoms with van der Waals surface area (Å²) in [6, 6.07) is 16.7. The number of aryl methyl sites for hydroxylation is 1. The van der Waals surface area contributed by atoms with E-state index >= 15 is 0 Å². The van der Waals surface area contributed by atoms with Crippen LogP contribution < -0.4 is 10.5 Å². The number of hydrogen-bond acceptors (Lipinski definition) is 5. The molecule has 0 unspecified atom stereocenters. The molecule has 0 aliphatic rings. The highest BCUT2D eigenvalue weighted by atomic mass is 32.1. The summed E-state index contributed by atoms with van der Waals surface area (Å²) in [6.45, 7) is 2.69. The van der Waals surface area contributed by atoms with E-state index in [4.69, 9.17) is 20.6 Å². The molecule has 0 saturated heterocycles. The van der Waals surface area contributed by atoms with Crippen molar-refractivity contribution in [3.05, 3.63) is 70.7 Å². The van der Waals surface area contributed by atoms with Crippen molar-refractivity contribution in [2.45, 2.75) is 32.2 Å². The number of carboxylic acids is 1. The van der Waals surface area contributed by atoms with Crippen molar-refractivity contribution in [1.82, 2.24) is 4.98 Å². The number of benzene rings is 2. The number of ether oxygens (including phenoxy) is 1. The molecule has 0 fully saturated rings. The van der Waals surface area contributed by atoms with E-state index in [0.717, 1.165) is 40.4 Å². The van der Waals surface area contributed by atoms with Crippen LogP contribution in [0.25, 0.3) is 10.6 Å². The Balaban J connectivity index is 1.57. The van der Waals surface area contributed by atoms with E-state index in [9.17, 15) is 4.79 Å². The summed E-state index contributed by atoms with van der Waals surface area (Å²) in [7, 11) is 0. The molecule has 0 aliphatic carbocycles. The number of nitrogens with two attached hydrogens (primary N) is 1. The molecule has 6 heteroatoms. The van der Waals surface area contributed by atoms with Crippen LogP contribution in [0.5, 0.6) is 5.75 Å². The third-order valence-corrected chi connectivity index (χ3v) is 5.71. The van der Waals surface area contributed by atoms with Gasteiger partial charge in [-0.3, -0.25) is 4.79 Å². The Kier molecular flexibility index (Phi) is 6.79. The largest absolute Gasteiger partial charge is 0.493 e. The van der Waals surface area contributed by atoms with Crippen LogP contribution >= 0.6 is 11.3 Å². The topological polar surface area (TPSA) is 85.4 Å². The van der Waals surface area contributed by atoms with E-state index in [1.165, 1.54) is 4.88 Å². The smallest absolute Gasteiger partial charge is 0.320 e. The van der Waals surface area contributed by atoms with Crippen molar-refractivity contribution < 1.29 is 14.6 Å². The average Bonchev–Trinajstić information content (AvgIpc) is 3.13. The Hall–Kier alpha value is -2.70. The molecule has 28 heavy (non-hydrogen) atoms. The van der Waals surface area contributed by atoms with E-state index in [0.29, 0.717) is 13.0 Å². The predicted octanol–water partition coefficient (Wildman–Crippen LogP) is 3.95. The third kappa shape index (κ3) is 5.18. The molecule has 0 bridgehead atoms. The standard InChI is InChI=1S/C22H24N2O3S/c1-2-20-19(24-21(28-20)16-6-4-3-5-7-16)12-13-27-17-10-8-15(9-11-17)14-18(23)22(25)26/h3-11,18H,2,12-14,23H2,1H3,(H,25,26)/t18-/m0/s1. The van der Waals surface area contributed by atoms with Gasteiger partial charge in [-0.2, -0.15) is 0 Å². The van der Waals surface area contributed by atoms with Crippen LogP contribution in [0.3, 0.4) is 0 Å². The van der Waals surface area contributed by atoms with Gasteiger partial charge >= 0.3 is 5.97 Å². The summed E-state index contributed by atoms with van der Waals surface area (Å²) >= 11 is 1.74. The Morgan fingerprint density at radius 3 is 2.54 bits per heavy atom. The van der Waals surface area contributed by atoms with Crippen molar-refractivity contribution in [1.29, 1.82) is 0 Å². The molecule has 146 valence electrons. The van der Waals surface area contributed by atoms with Crippen molar-refractivity contribution in [3.8, 4) is 16.3 Å². The zero-order chi connectivity index (χ0) is 19.9. The number of carbonyl (C=O) groups is 1. The highest BCUT2D eigenvalue weighted by molar-refractivity contribution is 7.15. The first-order valence-electron chi connectivity index (χ1n) is 9.31. The maximum atomic E-state index is 10.8. The lowest BCUT2D eigenvalue weighted by molar-refractivity contribution is -0.138. The Morgan fingerprint density at radius 2 is 1.89 bits per heavy atom. The fourth-order valence-corrected chi connectivity index (χ4v) is 3.94. The number of hydrogen-bond donors (Lipinski definition) is 2. The fourth-order valence-electron chi connectivity index (χ4n) is 2.89. The van der Waals surface area contributed by atoms with Gasteiger partial charge < -0.3 is 15.6 Å². The van der Waals surface area contributed by atoms with E-state index in [1.54, 1.807) is 11.3 Å². The van der Waals surface area contributed by atoms with Crippen LogP contribution in [0.2, 0.25) is 0 Å². The molecular weight excluding hydrogens is 372 g/mol. The molecular formula is C22H24N2O3S. The number of thiazole rings is 1. The SMILES string of the molecule is CCc1sc(-c2ccccc2)nc1CCOc1ccc(C[C@H](N)C(=O)O)cc1. The molecule has 1 aromatic heterocycles. The van der Waals surface area contributed by atoms with Crippen LogP contribution in [0, 0.1) is 0 Å². The van der Waals surface area contributed by atoms with Crippen LogP contribution in [0.1, 0.15) is 23.1 Å². The zero-order valence-corrected chi connectivity index (χ0v) is 16.6. The number of aromatic nitrogens is 1. The molecule has 0 saturated carbocycles. The predicted molar refractivity (Wildman–Crippen MR) is 112 cm³/mol. The normalized spacial score (nSPS) is 11.9. The van der Waals surface area contributed by atoms with E-state index in [-0.39, 0.29) is 0 Å². The summed E-state index contributed by atoms with van der Waals surface area (Å²) in [4.78, 5) is 16.9. The highest BCUT2D eigenvalue weighted by Gasteiger charge is 2.13. The Morgan fingerprint density at radius 1 is 1.18 bits per heavy atom. The maximum Gasteiger partial charge on any atom is 0.320 e. The van der Waals surface area contributed by atoms with E-state index in [1.807, 2.05) is 42.5 Å². The van der Waals surface area contributed by atoms with Crippen molar-refractivity contribution >= 4 is 17.3 Å². The lowest BCUT2D eigenvalue weighted by Crippen LogP contribution is -2.32. The van der Waals surface area contributed by atoms with Crippen LogP contribution in [-0.2, 0) is 24.1 Å². The Labute approximate surface area is 168 Å². The molecule has 2 aromatic carbocycles. The molecule has 0 spiro atoms. The van der Waals surface area contributed by atoms with Gasteiger partial charge in [0.05, 0.1) is 12.3 Å². The molecule has 5 nitrogen and oxygen atoms in total. The minimum atomic E-state index is -0.995. The van der Waals surface area contributed by atoms with E-state index < -0.39 is 12.0 Å². The Bertz CT molecular complexity index is 907. The van der Waals surface area contributed by atoms with Gasteiger partial charge in [0.15, 0.2) is 0 Å². The molecule has 1 heterocycles. The summed E-state index contributed by atoms with van der Waals surface area (Å²) in [6.07, 6.45) is 2.01. The second-order valence-corrected chi connectivity index (χ2v) is 7.58. The molecule has 3 rings (SSSR count). The van der Waals surface area contributed by atoms with Gasteiger partial charge in [0.2, 0.25) is 0 Å². The lowest BCUT2D eigenvalue weighted by Gasteiger charge is -2.09. The van der Waals surface area contributed by atoms with Gasteiger partial charge in [0.25, 0.3) is 0 Å². The first-order chi connectivity index (χ1) is 13.6.